The summed E-state index contributed by atoms with van der Waals surface area (Å²) in [6, 6.07) is 9.30. The predicted octanol–water partition coefficient (Wildman–Crippen LogP) is 7.40. The van der Waals surface area contributed by atoms with E-state index in [1.165, 1.54) is 32.1 Å². The molecule has 0 aliphatic heterocycles. The molecule has 0 bridgehead atoms. The Labute approximate surface area is 186 Å². The maximum absolute atomic E-state index is 6.28. The fourth-order valence-electron chi connectivity index (χ4n) is 2.92. The van der Waals surface area contributed by atoms with Crippen LogP contribution in [0.1, 0.15) is 50.2 Å². The molecule has 0 radical (unpaired) electrons. The summed E-state index contributed by atoms with van der Waals surface area (Å²) in [5.41, 5.74) is 1.92. The molecule has 0 atom stereocenters. The van der Waals surface area contributed by atoms with E-state index in [-0.39, 0.29) is 0 Å². The van der Waals surface area contributed by atoms with Crippen LogP contribution in [0.15, 0.2) is 34.8 Å². The molecule has 154 valence electrons. The van der Waals surface area contributed by atoms with Crippen molar-refractivity contribution in [3.05, 3.63) is 56.0 Å². The van der Waals surface area contributed by atoms with E-state index in [4.69, 9.17) is 32.7 Å². The van der Waals surface area contributed by atoms with E-state index < -0.39 is 0 Å². The molecular weight excluding hydrogens is 461 g/mol. The fraction of sp³-hybridized carbons (Fsp3) is 0.455. The molecule has 3 nitrogen and oxygen atoms in total. The molecule has 0 spiro atoms. The Morgan fingerprint density at radius 3 is 2.54 bits per heavy atom. The Balaban J connectivity index is 2.03. The molecule has 2 aromatic carbocycles. The van der Waals surface area contributed by atoms with Gasteiger partial charge in [0.25, 0.3) is 0 Å². The topological polar surface area (TPSA) is 30.5 Å². The van der Waals surface area contributed by atoms with Crippen molar-refractivity contribution in [1.29, 1.82) is 0 Å². The van der Waals surface area contributed by atoms with Crippen LogP contribution in [-0.2, 0) is 13.2 Å². The molecule has 0 saturated heterocycles. The SMILES string of the molecule is CCCCCCCNCc1c(Br)ccc(OC)c1OCc1ccc(Cl)cc1Cl. The third-order valence-electron chi connectivity index (χ3n) is 4.53. The molecule has 0 amide bonds. The standard InChI is InChI=1S/C22H28BrCl2NO2/c1-3-4-5-6-7-12-26-14-18-19(23)10-11-21(27-2)22(18)28-15-16-8-9-17(24)13-20(16)25/h8-11,13,26H,3-7,12,14-15H2,1-2H3. The number of methoxy groups -OCH3 is 1. The lowest BCUT2D eigenvalue weighted by Gasteiger charge is -2.17. The maximum atomic E-state index is 6.28. The number of nitrogens with one attached hydrogen (secondary N) is 1. The molecule has 6 heteroatoms. The van der Waals surface area contributed by atoms with Crippen molar-refractivity contribution < 1.29 is 9.47 Å². The minimum Gasteiger partial charge on any atom is -0.493 e. The van der Waals surface area contributed by atoms with E-state index in [1.54, 1.807) is 13.2 Å². The van der Waals surface area contributed by atoms with E-state index in [0.717, 1.165) is 27.9 Å². The molecule has 2 rings (SSSR count). The van der Waals surface area contributed by atoms with Gasteiger partial charge in [0.1, 0.15) is 6.61 Å². The van der Waals surface area contributed by atoms with Crippen LogP contribution in [-0.4, -0.2) is 13.7 Å². The molecule has 0 aliphatic carbocycles. The van der Waals surface area contributed by atoms with Gasteiger partial charge in [-0.05, 0) is 37.2 Å². The highest BCUT2D eigenvalue weighted by Gasteiger charge is 2.15. The minimum absolute atomic E-state index is 0.340. The monoisotopic (exact) mass is 487 g/mol. The maximum Gasteiger partial charge on any atom is 0.167 e. The number of benzene rings is 2. The second kappa shape index (κ2) is 12.6. The summed E-state index contributed by atoms with van der Waals surface area (Å²) in [7, 11) is 1.65. The summed E-state index contributed by atoms with van der Waals surface area (Å²) in [5.74, 6) is 1.43. The van der Waals surface area contributed by atoms with E-state index in [9.17, 15) is 0 Å². The quantitative estimate of drug-likeness (QED) is 0.315. The summed E-state index contributed by atoms with van der Waals surface area (Å²) in [6.45, 7) is 4.26. The van der Waals surface area contributed by atoms with Gasteiger partial charge >= 0.3 is 0 Å². The second-order valence-corrected chi connectivity index (χ2v) is 8.37. The lowest BCUT2D eigenvalue weighted by atomic mass is 10.1. The Hall–Kier alpha value is -0.940. The van der Waals surface area contributed by atoms with Crippen LogP contribution in [0.4, 0.5) is 0 Å². The Morgan fingerprint density at radius 2 is 1.82 bits per heavy atom. The second-order valence-electron chi connectivity index (χ2n) is 6.67. The Bertz CT molecular complexity index is 756. The van der Waals surface area contributed by atoms with E-state index in [2.05, 4.69) is 28.2 Å². The van der Waals surface area contributed by atoms with Crippen molar-refractivity contribution in [1.82, 2.24) is 5.32 Å². The number of hydrogen-bond acceptors (Lipinski definition) is 3. The van der Waals surface area contributed by atoms with Crippen LogP contribution < -0.4 is 14.8 Å². The predicted molar refractivity (Wildman–Crippen MR) is 122 cm³/mol. The van der Waals surface area contributed by atoms with Gasteiger partial charge in [0.05, 0.1) is 7.11 Å². The molecule has 28 heavy (non-hydrogen) atoms. The number of hydrogen-bond donors (Lipinski definition) is 1. The molecular formula is C22H28BrCl2NO2. The van der Waals surface area contributed by atoms with Gasteiger partial charge in [0.2, 0.25) is 0 Å². The summed E-state index contributed by atoms with van der Waals surface area (Å²) < 4.78 is 12.6. The van der Waals surface area contributed by atoms with Crippen LogP contribution in [0.2, 0.25) is 10.0 Å². The normalized spacial score (nSPS) is 10.9. The fourth-order valence-corrected chi connectivity index (χ4v) is 3.84. The first-order chi connectivity index (χ1) is 13.6. The van der Waals surface area contributed by atoms with Crippen molar-refractivity contribution in [2.24, 2.45) is 0 Å². The molecule has 2 aromatic rings. The molecule has 0 heterocycles. The molecule has 0 fully saturated rings. The number of halogens is 3. The lowest BCUT2D eigenvalue weighted by Crippen LogP contribution is -2.16. The molecule has 0 aliphatic rings. The zero-order valence-corrected chi connectivity index (χ0v) is 19.6. The highest BCUT2D eigenvalue weighted by Crippen LogP contribution is 2.37. The van der Waals surface area contributed by atoms with Crippen molar-refractivity contribution in [2.75, 3.05) is 13.7 Å². The first-order valence-electron chi connectivity index (χ1n) is 9.69. The molecule has 0 aromatic heterocycles. The molecule has 0 saturated carbocycles. The minimum atomic E-state index is 0.340. The van der Waals surface area contributed by atoms with Crippen molar-refractivity contribution >= 4 is 39.1 Å². The van der Waals surface area contributed by atoms with Gasteiger partial charge in [-0.2, -0.15) is 0 Å². The summed E-state index contributed by atoms with van der Waals surface area (Å²) in [5, 5.41) is 4.72. The van der Waals surface area contributed by atoms with Gasteiger partial charge in [-0.3, -0.25) is 0 Å². The first-order valence-corrected chi connectivity index (χ1v) is 11.2. The average Bonchev–Trinajstić information content (AvgIpc) is 2.68. The van der Waals surface area contributed by atoms with Crippen LogP contribution in [0, 0.1) is 0 Å². The zero-order chi connectivity index (χ0) is 20.4. The third-order valence-corrected chi connectivity index (χ3v) is 5.86. The van der Waals surface area contributed by atoms with Gasteiger partial charge < -0.3 is 14.8 Å². The average molecular weight is 489 g/mol. The van der Waals surface area contributed by atoms with Gasteiger partial charge in [0.15, 0.2) is 11.5 Å². The Morgan fingerprint density at radius 1 is 1.04 bits per heavy atom. The Kier molecular flexibility index (Phi) is 10.5. The number of ether oxygens (including phenoxy) is 2. The summed E-state index contributed by atoms with van der Waals surface area (Å²) in [6.07, 6.45) is 6.32. The molecule has 1 N–H and O–H groups in total. The van der Waals surface area contributed by atoms with Crippen LogP contribution in [0.3, 0.4) is 0 Å². The smallest absolute Gasteiger partial charge is 0.167 e. The summed E-state index contributed by atoms with van der Waals surface area (Å²) >= 11 is 15.9. The van der Waals surface area contributed by atoms with E-state index in [0.29, 0.717) is 28.9 Å². The van der Waals surface area contributed by atoms with E-state index in [1.807, 2.05) is 24.3 Å². The summed E-state index contributed by atoms with van der Waals surface area (Å²) in [4.78, 5) is 0. The lowest BCUT2D eigenvalue weighted by molar-refractivity contribution is 0.280. The highest BCUT2D eigenvalue weighted by atomic mass is 79.9. The van der Waals surface area contributed by atoms with Gasteiger partial charge in [-0.1, -0.05) is 77.8 Å². The van der Waals surface area contributed by atoms with Crippen molar-refractivity contribution in [3.8, 4) is 11.5 Å². The third kappa shape index (κ3) is 7.14. The van der Waals surface area contributed by atoms with Crippen molar-refractivity contribution in [2.45, 2.75) is 52.2 Å². The largest absolute Gasteiger partial charge is 0.493 e. The van der Waals surface area contributed by atoms with E-state index >= 15 is 0 Å². The van der Waals surface area contributed by atoms with Gasteiger partial charge in [-0.25, -0.2) is 0 Å². The van der Waals surface area contributed by atoms with Gasteiger partial charge in [0, 0.05) is 32.2 Å². The zero-order valence-electron chi connectivity index (χ0n) is 16.5. The first kappa shape index (κ1) is 23.3. The number of rotatable bonds is 12. The van der Waals surface area contributed by atoms with Crippen molar-refractivity contribution in [3.63, 3.8) is 0 Å². The van der Waals surface area contributed by atoms with Crippen LogP contribution in [0.25, 0.3) is 0 Å². The van der Waals surface area contributed by atoms with Gasteiger partial charge in [-0.15, -0.1) is 0 Å². The van der Waals surface area contributed by atoms with Crippen LogP contribution in [0.5, 0.6) is 11.5 Å². The highest BCUT2D eigenvalue weighted by molar-refractivity contribution is 9.10. The van der Waals surface area contributed by atoms with Crippen LogP contribution >= 0.6 is 39.1 Å². The molecule has 0 unspecified atom stereocenters. The number of unbranched alkanes of at least 4 members (excludes halogenated alkanes) is 4.